The molecule has 1 aliphatic rings. The van der Waals surface area contributed by atoms with Crippen molar-refractivity contribution >= 4 is 34.2 Å². The molecule has 1 atom stereocenters. The van der Waals surface area contributed by atoms with Crippen molar-refractivity contribution in [1.82, 2.24) is 29.9 Å². The molecule has 29 heavy (non-hydrogen) atoms. The molecule has 0 unspecified atom stereocenters. The van der Waals surface area contributed by atoms with Gasteiger partial charge in [0.1, 0.15) is 17.3 Å². The van der Waals surface area contributed by atoms with Crippen LogP contribution in [0.4, 0.5) is 0 Å². The van der Waals surface area contributed by atoms with Crippen molar-refractivity contribution in [3.63, 3.8) is 0 Å². The van der Waals surface area contributed by atoms with E-state index in [0.29, 0.717) is 21.5 Å². The third kappa shape index (κ3) is 3.24. The highest BCUT2D eigenvalue weighted by Crippen LogP contribution is 2.34. The van der Waals surface area contributed by atoms with E-state index in [1.54, 1.807) is 18.5 Å². The topological polar surface area (TPSA) is 81.5 Å². The largest absolute Gasteiger partial charge is 0.470 e. The molecule has 5 heterocycles. The van der Waals surface area contributed by atoms with Crippen LogP contribution in [-0.2, 0) is 13.0 Å². The van der Waals surface area contributed by atoms with Crippen LogP contribution in [0.15, 0.2) is 30.7 Å². The zero-order valence-corrected chi connectivity index (χ0v) is 17.2. The van der Waals surface area contributed by atoms with Gasteiger partial charge >= 0.3 is 0 Å². The van der Waals surface area contributed by atoms with Gasteiger partial charge in [-0.05, 0) is 32.3 Å². The van der Waals surface area contributed by atoms with E-state index in [0.717, 1.165) is 48.1 Å². The molecule has 7 nitrogen and oxygen atoms in total. The fourth-order valence-corrected chi connectivity index (χ4v) is 4.48. The molecule has 4 aromatic rings. The zero-order chi connectivity index (χ0) is 20.0. The van der Waals surface area contributed by atoms with Gasteiger partial charge in [-0.1, -0.05) is 23.2 Å². The fraction of sp³-hybridized carbons (Fsp3) is 0.300. The molecule has 9 heteroatoms. The van der Waals surface area contributed by atoms with Gasteiger partial charge in [0.25, 0.3) is 0 Å². The number of aromatic nitrogens is 6. The van der Waals surface area contributed by atoms with Crippen LogP contribution >= 0.6 is 23.2 Å². The van der Waals surface area contributed by atoms with Crippen molar-refractivity contribution in [1.29, 1.82) is 0 Å². The quantitative estimate of drug-likeness (QED) is 0.494. The molecule has 0 radical (unpaired) electrons. The standard InChI is InChI=1S/C20H18Cl2N6O/c1-11(18-13(21)9-23-10-14(18)22)29-17-6-5-15-20(25-17)19(27-26-15)12-8-24-28-7-3-2-4-16(12)28/h5-6,8-11H,2-4,7H2,1H3,(H,26,27)/t11-/m1/s1. The molecule has 0 aromatic carbocycles. The Morgan fingerprint density at radius 3 is 2.79 bits per heavy atom. The number of H-pyrrole nitrogens is 1. The van der Waals surface area contributed by atoms with Gasteiger partial charge in [0.05, 0.1) is 21.8 Å². The minimum absolute atomic E-state index is 0.387. The summed E-state index contributed by atoms with van der Waals surface area (Å²) in [5, 5.41) is 13.0. The molecule has 148 valence electrons. The van der Waals surface area contributed by atoms with Gasteiger partial charge in [0.2, 0.25) is 5.88 Å². The second-order valence-corrected chi connectivity index (χ2v) is 7.89. The van der Waals surface area contributed by atoms with E-state index < -0.39 is 0 Å². The number of hydrogen-bond acceptors (Lipinski definition) is 5. The Kier molecular flexibility index (Phi) is 4.64. The van der Waals surface area contributed by atoms with Gasteiger partial charge in [-0.2, -0.15) is 10.2 Å². The number of pyridine rings is 2. The van der Waals surface area contributed by atoms with Gasteiger partial charge in [-0.25, -0.2) is 4.98 Å². The Bertz CT molecular complexity index is 1180. The highest BCUT2D eigenvalue weighted by Gasteiger charge is 2.21. The molecule has 1 N–H and O–H groups in total. The lowest BCUT2D eigenvalue weighted by molar-refractivity contribution is 0.218. The lowest BCUT2D eigenvalue weighted by Gasteiger charge is -2.16. The molecule has 0 amide bonds. The minimum Gasteiger partial charge on any atom is -0.470 e. The molecular formula is C20H18Cl2N6O. The van der Waals surface area contributed by atoms with Crippen LogP contribution in [0.25, 0.3) is 22.3 Å². The number of aryl methyl sites for hydroxylation is 1. The number of hydrogen-bond donors (Lipinski definition) is 1. The molecular weight excluding hydrogens is 411 g/mol. The van der Waals surface area contributed by atoms with Crippen molar-refractivity contribution in [3.05, 3.63) is 52.0 Å². The Balaban J connectivity index is 1.51. The average molecular weight is 429 g/mol. The van der Waals surface area contributed by atoms with Gasteiger partial charge in [0.15, 0.2) is 0 Å². The van der Waals surface area contributed by atoms with Crippen molar-refractivity contribution in [2.45, 2.75) is 38.8 Å². The molecule has 0 aliphatic carbocycles. The van der Waals surface area contributed by atoms with Gasteiger partial charge in [-0.3, -0.25) is 14.8 Å². The highest BCUT2D eigenvalue weighted by atomic mass is 35.5. The Hall–Kier alpha value is -2.64. The normalized spacial score (nSPS) is 14.7. The van der Waals surface area contributed by atoms with Crippen molar-refractivity contribution in [2.24, 2.45) is 0 Å². The summed E-state index contributed by atoms with van der Waals surface area (Å²) < 4.78 is 8.12. The number of fused-ring (bicyclic) bond motifs is 2. The monoisotopic (exact) mass is 428 g/mol. The van der Waals surface area contributed by atoms with Crippen LogP contribution < -0.4 is 4.74 Å². The first-order chi connectivity index (χ1) is 14.1. The number of nitrogens with zero attached hydrogens (tertiary/aromatic N) is 5. The van der Waals surface area contributed by atoms with Crippen LogP contribution in [0.2, 0.25) is 10.0 Å². The summed E-state index contributed by atoms with van der Waals surface area (Å²) in [6.45, 7) is 2.83. The Morgan fingerprint density at radius 2 is 1.97 bits per heavy atom. The van der Waals surface area contributed by atoms with Crippen LogP contribution in [0.1, 0.15) is 37.1 Å². The molecule has 0 spiro atoms. The molecule has 0 fully saturated rings. The summed E-state index contributed by atoms with van der Waals surface area (Å²) in [6.07, 6.45) is 7.91. The maximum atomic E-state index is 6.26. The highest BCUT2D eigenvalue weighted by molar-refractivity contribution is 6.35. The van der Waals surface area contributed by atoms with E-state index in [1.165, 1.54) is 5.69 Å². The summed E-state index contributed by atoms with van der Waals surface area (Å²) in [7, 11) is 0. The second-order valence-electron chi connectivity index (χ2n) is 7.08. The number of rotatable bonds is 4. The average Bonchev–Trinajstić information content (AvgIpc) is 3.31. The Morgan fingerprint density at radius 1 is 1.14 bits per heavy atom. The van der Waals surface area contributed by atoms with Crippen LogP contribution in [0.5, 0.6) is 5.88 Å². The summed E-state index contributed by atoms with van der Waals surface area (Å²) in [6, 6.07) is 3.71. The first-order valence-electron chi connectivity index (χ1n) is 9.47. The summed E-state index contributed by atoms with van der Waals surface area (Å²) >= 11 is 12.5. The lowest BCUT2D eigenvalue weighted by atomic mass is 10.0. The van der Waals surface area contributed by atoms with E-state index in [4.69, 9.17) is 32.9 Å². The predicted molar refractivity (Wildman–Crippen MR) is 111 cm³/mol. The first kappa shape index (κ1) is 18.4. The van der Waals surface area contributed by atoms with E-state index in [1.807, 2.05) is 19.2 Å². The zero-order valence-electron chi connectivity index (χ0n) is 15.7. The third-order valence-electron chi connectivity index (χ3n) is 5.21. The lowest BCUT2D eigenvalue weighted by Crippen LogP contribution is -2.11. The van der Waals surface area contributed by atoms with Crippen LogP contribution in [-0.4, -0.2) is 29.9 Å². The smallest absolute Gasteiger partial charge is 0.214 e. The summed E-state index contributed by atoms with van der Waals surface area (Å²) in [5.41, 5.74) is 5.30. The number of aromatic amines is 1. The maximum Gasteiger partial charge on any atom is 0.214 e. The summed E-state index contributed by atoms with van der Waals surface area (Å²) in [5.74, 6) is 0.470. The first-order valence-corrected chi connectivity index (χ1v) is 10.2. The number of halogens is 2. The molecule has 5 rings (SSSR count). The molecule has 0 saturated carbocycles. The van der Waals surface area contributed by atoms with Crippen molar-refractivity contribution in [3.8, 4) is 17.1 Å². The second kappa shape index (κ2) is 7.31. The predicted octanol–water partition coefficient (Wildman–Crippen LogP) is 5.00. The van der Waals surface area contributed by atoms with Gasteiger partial charge in [0, 0.05) is 41.8 Å². The van der Waals surface area contributed by atoms with Gasteiger partial charge < -0.3 is 4.74 Å². The number of ether oxygens (including phenoxy) is 1. The molecule has 1 aliphatic heterocycles. The van der Waals surface area contributed by atoms with E-state index in [2.05, 4.69) is 25.0 Å². The number of nitrogens with one attached hydrogen (secondary N) is 1. The Labute approximate surface area is 177 Å². The summed E-state index contributed by atoms with van der Waals surface area (Å²) in [4.78, 5) is 8.70. The van der Waals surface area contributed by atoms with E-state index in [9.17, 15) is 0 Å². The van der Waals surface area contributed by atoms with E-state index in [-0.39, 0.29) is 6.10 Å². The SMILES string of the molecule is C[C@@H](Oc1ccc2[nH]nc(-c3cnn4c3CCCC4)c2n1)c1c(Cl)cncc1Cl. The maximum absolute atomic E-state index is 6.26. The van der Waals surface area contributed by atoms with Crippen LogP contribution in [0, 0.1) is 0 Å². The van der Waals surface area contributed by atoms with Gasteiger partial charge in [-0.15, -0.1) is 0 Å². The van der Waals surface area contributed by atoms with Crippen molar-refractivity contribution < 1.29 is 4.74 Å². The molecule has 0 saturated heterocycles. The van der Waals surface area contributed by atoms with Crippen molar-refractivity contribution in [2.75, 3.05) is 0 Å². The fourth-order valence-electron chi connectivity index (χ4n) is 3.80. The molecule has 0 bridgehead atoms. The minimum atomic E-state index is -0.387. The third-order valence-corrected chi connectivity index (χ3v) is 5.82. The van der Waals surface area contributed by atoms with Crippen LogP contribution in [0.3, 0.4) is 0 Å². The molecule has 4 aromatic heterocycles. The van der Waals surface area contributed by atoms with E-state index >= 15 is 0 Å².